The van der Waals surface area contributed by atoms with Crippen LogP contribution in [0.5, 0.6) is 0 Å². The molecular formula is C11H20N2O4S. The van der Waals surface area contributed by atoms with Gasteiger partial charge in [0.1, 0.15) is 11.6 Å². The molecule has 1 amide bonds. The molecule has 0 bridgehead atoms. The van der Waals surface area contributed by atoms with Crippen molar-refractivity contribution in [3.05, 3.63) is 0 Å². The molecule has 0 aromatic heterocycles. The molecular weight excluding hydrogens is 256 g/mol. The number of carboxylic acids is 1. The lowest BCUT2D eigenvalue weighted by Crippen LogP contribution is -2.50. The molecule has 1 aliphatic heterocycles. The van der Waals surface area contributed by atoms with E-state index in [9.17, 15) is 9.59 Å². The van der Waals surface area contributed by atoms with E-state index < -0.39 is 23.7 Å². The molecule has 3 N–H and O–H groups in total. The Kier molecular flexibility index (Phi) is 5.28. The Morgan fingerprint density at radius 1 is 1.50 bits per heavy atom. The van der Waals surface area contributed by atoms with Crippen molar-refractivity contribution in [3.63, 3.8) is 0 Å². The summed E-state index contributed by atoms with van der Waals surface area (Å²) in [6.07, 6.45) is 0.116. The van der Waals surface area contributed by atoms with Crippen molar-refractivity contribution in [1.29, 1.82) is 0 Å². The summed E-state index contributed by atoms with van der Waals surface area (Å²) >= 11 is 1.60. The highest BCUT2D eigenvalue weighted by atomic mass is 32.2. The van der Waals surface area contributed by atoms with Crippen LogP contribution in [0, 0.1) is 0 Å². The lowest BCUT2D eigenvalue weighted by molar-refractivity contribution is -0.139. The molecule has 0 saturated carbocycles. The Hall–Kier alpha value is -0.950. The van der Waals surface area contributed by atoms with Gasteiger partial charge in [0, 0.05) is 6.54 Å². The second-order valence-electron chi connectivity index (χ2n) is 5.09. The van der Waals surface area contributed by atoms with Crippen LogP contribution in [0.25, 0.3) is 0 Å². The normalized spacial score (nSPS) is 24.4. The number of carboxylic acid groups (broad SMARTS) is 1. The summed E-state index contributed by atoms with van der Waals surface area (Å²) in [4.78, 5) is 22.3. The largest absolute Gasteiger partial charge is 0.480 e. The second-order valence-corrected chi connectivity index (χ2v) is 6.40. The van der Waals surface area contributed by atoms with Gasteiger partial charge < -0.3 is 15.2 Å². The van der Waals surface area contributed by atoms with E-state index in [-0.39, 0.29) is 5.37 Å². The van der Waals surface area contributed by atoms with Crippen LogP contribution in [0.3, 0.4) is 0 Å². The number of ether oxygens (including phenoxy) is 1. The number of thioether (sulfide) groups is 1. The highest BCUT2D eigenvalue weighted by Gasteiger charge is 2.27. The van der Waals surface area contributed by atoms with Crippen LogP contribution >= 0.6 is 11.8 Å². The molecule has 1 saturated heterocycles. The van der Waals surface area contributed by atoms with Gasteiger partial charge in [-0.25, -0.2) is 4.79 Å². The second kappa shape index (κ2) is 6.29. The standard InChI is InChI=1S/C11H20N2O4S/c1-11(2,3)17-10(16)12-6-8-13-7(9(14)15)4-5-18-8/h7-8,13H,4-6H2,1-3H3,(H,12,16)(H,14,15). The van der Waals surface area contributed by atoms with E-state index in [1.165, 1.54) is 0 Å². The maximum atomic E-state index is 11.4. The highest BCUT2D eigenvalue weighted by molar-refractivity contribution is 7.99. The SMILES string of the molecule is CC(C)(C)OC(=O)NCC1NC(C(=O)O)CCS1. The minimum absolute atomic E-state index is 0.0904. The molecule has 0 radical (unpaired) electrons. The number of hydrogen-bond acceptors (Lipinski definition) is 5. The van der Waals surface area contributed by atoms with Gasteiger partial charge in [-0.1, -0.05) is 0 Å². The van der Waals surface area contributed by atoms with Gasteiger partial charge in [0.15, 0.2) is 0 Å². The molecule has 0 aliphatic carbocycles. The summed E-state index contributed by atoms with van der Waals surface area (Å²) in [5, 5.41) is 14.4. The molecule has 2 atom stereocenters. The number of amides is 1. The van der Waals surface area contributed by atoms with Gasteiger partial charge in [0.2, 0.25) is 0 Å². The van der Waals surface area contributed by atoms with Crippen LogP contribution in [0.4, 0.5) is 4.79 Å². The molecule has 2 unspecified atom stereocenters. The third-order valence-electron chi connectivity index (χ3n) is 2.24. The predicted molar refractivity (Wildman–Crippen MR) is 69.7 cm³/mol. The molecule has 6 nitrogen and oxygen atoms in total. The summed E-state index contributed by atoms with van der Waals surface area (Å²) in [7, 11) is 0. The zero-order valence-corrected chi connectivity index (χ0v) is 11.7. The lowest BCUT2D eigenvalue weighted by Gasteiger charge is -2.28. The quantitative estimate of drug-likeness (QED) is 0.713. The summed E-state index contributed by atoms with van der Waals surface area (Å²) < 4.78 is 5.10. The Morgan fingerprint density at radius 2 is 2.17 bits per heavy atom. The molecule has 1 fully saturated rings. The van der Waals surface area contributed by atoms with Crippen LogP contribution in [0.15, 0.2) is 0 Å². The van der Waals surface area contributed by atoms with Gasteiger partial charge in [-0.2, -0.15) is 0 Å². The number of carbonyl (C=O) groups excluding carboxylic acids is 1. The Balaban J connectivity index is 2.31. The van der Waals surface area contributed by atoms with E-state index in [2.05, 4.69) is 10.6 Å². The van der Waals surface area contributed by atoms with Crippen molar-refractivity contribution >= 4 is 23.8 Å². The van der Waals surface area contributed by atoms with Crippen molar-refractivity contribution in [2.24, 2.45) is 0 Å². The Morgan fingerprint density at radius 3 is 2.72 bits per heavy atom. The van der Waals surface area contributed by atoms with Crippen molar-refractivity contribution in [1.82, 2.24) is 10.6 Å². The van der Waals surface area contributed by atoms with E-state index >= 15 is 0 Å². The fraction of sp³-hybridized carbons (Fsp3) is 0.818. The number of hydrogen-bond donors (Lipinski definition) is 3. The monoisotopic (exact) mass is 276 g/mol. The molecule has 18 heavy (non-hydrogen) atoms. The van der Waals surface area contributed by atoms with Crippen molar-refractivity contribution in [2.75, 3.05) is 12.3 Å². The number of nitrogens with one attached hydrogen (secondary N) is 2. The van der Waals surface area contributed by atoms with Crippen molar-refractivity contribution < 1.29 is 19.4 Å². The molecule has 0 aromatic carbocycles. The third-order valence-corrected chi connectivity index (χ3v) is 3.42. The average molecular weight is 276 g/mol. The van der Waals surface area contributed by atoms with E-state index in [0.29, 0.717) is 13.0 Å². The zero-order valence-electron chi connectivity index (χ0n) is 10.9. The Bertz CT molecular complexity index is 317. The smallest absolute Gasteiger partial charge is 0.407 e. The van der Waals surface area contributed by atoms with Gasteiger partial charge >= 0.3 is 12.1 Å². The first-order chi connectivity index (χ1) is 8.28. The molecule has 1 rings (SSSR count). The predicted octanol–water partition coefficient (Wildman–Crippen LogP) is 1.02. The first-order valence-electron chi connectivity index (χ1n) is 5.85. The van der Waals surface area contributed by atoms with E-state index in [0.717, 1.165) is 5.75 Å². The zero-order chi connectivity index (χ0) is 13.8. The molecule has 0 spiro atoms. The van der Waals surface area contributed by atoms with Gasteiger partial charge in [-0.05, 0) is 32.9 Å². The fourth-order valence-electron chi connectivity index (χ4n) is 1.49. The van der Waals surface area contributed by atoms with E-state index in [1.807, 2.05) is 0 Å². The van der Waals surface area contributed by atoms with Crippen LogP contribution in [0.1, 0.15) is 27.2 Å². The number of aliphatic carboxylic acids is 1. The number of alkyl carbamates (subject to hydrolysis) is 1. The van der Waals surface area contributed by atoms with Crippen LogP contribution in [-0.4, -0.2) is 46.5 Å². The maximum absolute atomic E-state index is 11.4. The highest BCUT2D eigenvalue weighted by Crippen LogP contribution is 2.18. The molecule has 104 valence electrons. The topological polar surface area (TPSA) is 87.7 Å². The molecule has 0 aromatic rings. The third kappa shape index (κ3) is 5.59. The first kappa shape index (κ1) is 15.1. The van der Waals surface area contributed by atoms with Crippen molar-refractivity contribution in [3.8, 4) is 0 Å². The summed E-state index contributed by atoms with van der Waals surface area (Å²) in [6, 6.07) is -0.531. The van der Waals surface area contributed by atoms with Gasteiger partial charge in [-0.3, -0.25) is 10.1 Å². The Labute approximate surface area is 111 Å². The van der Waals surface area contributed by atoms with E-state index in [4.69, 9.17) is 9.84 Å². The summed E-state index contributed by atoms with van der Waals surface area (Å²) in [5.74, 6) is -0.0810. The number of rotatable bonds is 3. The van der Waals surface area contributed by atoms with E-state index in [1.54, 1.807) is 32.5 Å². The molecule has 1 aliphatic rings. The summed E-state index contributed by atoms with van der Waals surface area (Å²) in [6.45, 7) is 5.73. The summed E-state index contributed by atoms with van der Waals surface area (Å²) in [5.41, 5.74) is -0.527. The van der Waals surface area contributed by atoms with Crippen LogP contribution < -0.4 is 10.6 Å². The van der Waals surface area contributed by atoms with Gasteiger partial charge in [0.25, 0.3) is 0 Å². The molecule has 7 heteroatoms. The van der Waals surface area contributed by atoms with Crippen LogP contribution in [-0.2, 0) is 9.53 Å². The maximum Gasteiger partial charge on any atom is 0.407 e. The van der Waals surface area contributed by atoms with Gasteiger partial charge in [0.05, 0.1) is 5.37 Å². The number of carbonyl (C=O) groups is 2. The minimum Gasteiger partial charge on any atom is -0.480 e. The minimum atomic E-state index is -0.849. The fourth-order valence-corrected chi connectivity index (χ4v) is 2.60. The average Bonchev–Trinajstić information content (AvgIpc) is 2.24. The molecule has 1 heterocycles. The first-order valence-corrected chi connectivity index (χ1v) is 6.90. The van der Waals surface area contributed by atoms with Gasteiger partial charge in [-0.15, -0.1) is 11.8 Å². The van der Waals surface area contributed by atoms with Crippen LogP contribution in [0.2, 0.25) is 0 Å². The lowest BCUT2D eigenvalue weighted by atomic mass is 10.2. The van der Waals surface area contributed by atoms with Crippen molar-refractivity contribution in [2.45, 2.75) is 44.2 Å².